The van der Waals surface area contributed by atoms with Gasteiger partial charge < -0.3 is 4.90 Å². The van der Waals surface area contributed by atoms with Crippen LogP contribution in [0.3, 0.4) is 0 Å². The highest BCUT2D eigenvalue weighted by atomic mass is 32.2. The zero-order valence-corrected chi connectivity index (χ0v) is 13.5. The molecule has 1 aromatic heterocycles. The van der Waals surface area contributed by atoms with Crippen LogP contribution in [0.1, 0.15) is 42.5 Å². The number of hydrogen-bond acceptors (Lipinski definition) is 4. The number of nitriles is 1. The summed E-state index contributed by atoms with van der Waals surface area (Å²) < 4.78 is 0. The Balaban J connectivity index is 2.02. The zero-order chi connectivity index (χ0) is 15.2. The van der Waals surface area contributed by atoms with Crippen molar-refractivity contribution in [2.45, 2.75) is 44.6 Å². The zero-order valence-electron chi connectivity index (χ0n) is 12.7. The lowest BCUT2D eigenvalue weighted by molar-refractivity contribution is -0.128. The minimum Gasteiger partial charge on any atom is -0.342 e. The van der Waals surface area contributed by atoms with Crippen LogP contribution in [-0.4, -0.2) is 34.6 Å². The Kier molecular flexibility index (Phi) is 5.63. The van der Waals surface area contributed by atoms with Gasteiger partial charge in [-0.05, 0) is 38.3 Å². The van der Waals surface area contributed by atoms with Gasteiger partial charge >= 0.3 is 0 Å². The number of rotatable bonds is 3. The highest BCUT2D eigenvalue weighted by Crippen LogP contribution is 2.24. The maximum atomic E-state index is 12.3. The number of nitrogens with zero attached hydrogens (tertiary/aromatic N) is 3. The molecule has 0 aromatic carbocycles. The van der Waals surface area contributed by atoms with Crippen molar-refractivity contribution >= 4 is 17.7 Å². The van der Waals surface area contributed by atoms with Crippen molar-refractivity contribution in [1.29, 1.82) is 5.26 Å². The first-order valence-corrected chi connectivity index (χ1v) is 8.39. The first-order valence-electron chi connectivity index (χ1n) is 7.40. The Hall–Kier alpha value is -1.54. The second-order valence-electron chi connectivity index (χ2n) is 5.46. The smallest absolute Gasteiger partial charge is 0.232 e. The van der Waals surface area contributed by atoms with Crippen LogP contribution in [0, 0.1) is 25.2 Å². The van der Waals surface area contributed by atoms with Gasteiger partial charge in [-0.2, -0.15) is 5.26 Å². The number of amides is 1. The molecule has 2 heterocycles. The van der Waals surface area contributed by atoms with Gasteiger partial charge in [-0.3, -0.25) is 4.79 Å². The van der Waals surface area contributed by atoms with Gasteiger partial charge in [0, 0.05) is 18.8 Å². The molecule has 1 fully saturated rings. The molecule has 0 saturated carbocycles. The number of pyridine rings is 1. The summed E-state index contributed by atoms with van der Waals surface area (Å²) in [6, 6.07) is 4.10. The predicted octanol–water partition coefficient (Wildman–Crippen LogP) is 3.06. The molecule has 5 heteroatoms. The number of likely N-dealkylation sites (tertiary alicyclic amines) is 1. The van der Waals surface area contributed by atoms with Crippen molar-refractivity contribution in [2.24, 2.45) is 0 Å². The third-order valence-corrected chi connectivity index (χ3v) is 4.67. The quantitative estimate of drug-likeness (QED) is 0.805. The molecule has 0 aliphatic carbocycles. The number of aromatic nitrogens is 1. The van der Waals surface area contributed by atoms with E-state index in [1.165, 1.54) is 24.6 Å². The van der Waals surface area contributed by atoms with Gasteiger partial charge in [-0.1, -0.05) is 24.6 Å². The molecule has 0 radical (unpaired) electrons. The molecule has 0 atom stereocenters. The van der Waals surface area contributed by atoms with E-state index < -0.39 is 0 Å². The Labute approximate surface area is 130 Å². The van der Waals surface area contributed by atoms with Gasteiger partial charge in [0.2, 0.25) is 5.91 Å². The summed E-state index contributed by atoms with van der Waals surface area (Å²) in [5.41, 5.74) is 2.40. The first kappa shape index (κ1) is 15.8. The van der Waals surface area contributed by atoms with E-state index in [2.05, 4.69) is 11.1 Å². The molecule has 4 nitrogen and oxygen atoms in total. The van der Waals surface area contributed by atoms with E-state index in [1.54, 1.807) is 0 Å². The molecular formula is C16H21N3OS. The van der Waals surface area contributed by atoms with E-state index in [1.807, 2.05) is 24.8 Å². The summed E-state index contributed by atoms with van der Waals surface area (Å²) >= 11 is 1.38. The lowest BCUT2D eigenvalue weighted by Crippen LogP contribution is -2.33. The van der Waals surface area contributed by atoms with E-state index >= 15 is 0 Å². The van der Waals surface area contributed by atoms with Crippen LogP contribution in [0.15, 0.2) is 11.1 Å². The van der Waals surface area contributed by atoms with Gasteiger partial charge in [-0.15, -0.1) is 0 Å². The highest BCUT2D eigenvalue weighted by molar-refractivity contribution is 8.00. The van der Waals surface area contributed by atoms with Gasteiger partial charge in [0.05, 0.1) is 11.3 Å². The largest absolute Gasteiger partial charge is 0.342 e. The summed E-state index contributed by atoms with van der Waals surface area (Å²) in [4.78, 5) is 18.7. The summed E-state index contributed by atoms with van der Waals surface area (Å²) in [6.45, 7) is 5.55. The van der Waals surface area contributed by atoms with Crippen LogP contribution in [0.4, 0.5) is 0 Å². The second-order valence-corrected chi connectivity index (χ2v) is 6.42. The number of thioether (sulfide) groups is 1. The minimum absolute atomic E-state index is 0.159. The van der Waals surface area contributed by atoms with Gasteiger partial charge in [0.15, 0.2) is 0 Å². The van der Waals surface area contributed by atoms with E-state index in [4.69, 9.17) is 0 Å². The third-order valence-electron chi connectivity index (χ3n) is 3.71. The van der Waals surface area contributed by atoms with E-state index in [9.17, 15) is 10.1 Å². The van der Waals surface area contributed by atoms with Crippen LogP contribution in [0.2, 0.25) is 0 Å². The fourth-order valence-corrected chi connectivity index (χ4v) is 3.59. The summed E-state index contributed by atoms with van der Waals surface area (Å²) in [7, 11) is 0. The molecule has 1 aliphatic rings. The molecular weight excluding hydrogens is 282 g/mol. The van der Waals surface area contributed by atoms with Crippen LogP contribution < -0.4 is 0 Å². The van der Waals surface area contributed by atoms with Crippen molar-refractivity contribution in [3.8, 4) is 6.07 Å². The van der Waals surface area contributed by atoms with Crippen molar-refractivity contribution < 1.29 is 4.79 Å². The average Bonchev–Trinajstić information content (AvgIpc) is 2.73. The van der Waals surface area contributed by atoms with Crippen LogP contribution in [0.5, 0.6) is 0 Å². The molecule has 0 N–H and O–H groups in total. The van der Waals surface area contributed by atoms with Crippen molar-refractivity contribution in [3.63, 3.8) is 0 Å². The van der Waals surface area contributed by atoms with Crippen molar-refractivity contribution in [2.75, 3.05) is 18.8 Å². The standard InChI is InChI=1S/C16H21N3OS/c1-12-9-13(2)18-16(14(12)10-17)21-11-15(20)19-7-5-3-4-6-8-19/h9H,3-8,11H2,1-2H3. The molecule has 1 aromatic rings. The summed E-state index contributed by atoms with van der Waals surface area (Å²) in [6.07, 6.45) is 4.63. The molecule has 0 unspecified atom stereocenters. The Bertz CT molecular complexity index is 557. The van der Waals surface area contributed by atoms with E-state index in [0.717, 1.165) is 37.2 Å². The Morgan fingerprint density at radius 1 is 1.33 bits per heavy atom. The fourth-order valence-electron chi connectivity index (χ4n) is 2.58. The minimum atomic E-state index is 0.159. The van der Waals surface area contributed by atoms with Gasteiger partial charge in [0.1, 0.15) is 11.1 Å². The topological polar surface area (TPSA) is 57.0 Å². The monoisotopic (exact) mass is 303 g/mol. The number of hydrogen-bond donors (Lipinski definition) is 0. The fraction of sp³-hybridized carbons (Fsp3) is 0.562. The van der Waals surface area contributed by atoms with E-state index in [-0.39, 0.29) is 5.91 Å². The molecule has 1 aliphatic heterocycles. The van der Waals surface area contributed by atoms with Crippen LogP contribution >= 0.6 is 11.8 Å². The number of aryl methyl sites for hydroxylation is 2. The normalized spacial score (nSPS) is 15.4. The lowest BCUT2D eigenvalue weighted by atomic mass is 10.1. The third kappa shape index (κ3) is 4.21. The highest BCUT2D eigenvalue weighted by Gasteiger charge is 2.17. The molecule has 112 valence electrons. The maximum absolute atomic E-state index is 12.3. The molecule has 0 bridgehead atoms. The van der Waals surface area contributed by atoms with Crippen LogP contribution in [0.25, 0.3) is 0 Å². The second kappa shape index (κ2) is 7.46. The van der Waals surface area contributed by atoms with E-state index in [0.29, 0.717) is 16.3 Å². The van der Waals surface area contributed by atoms with Crippen molar-refractivity contribution in [3.05, 3.63) is 22.9 Å². The molecule has 21 heavy (non-hydrogen) atoms. The number of carbonyl (C=O) groups excluding carboxylic acids is 1. The van der Waals surface area contributed by atoms with Gasteiger partial charge in [-0.25, -0.2) is 4.98 Å². The SMILES string of the molecule is Cc1cc(C)c(C#N)c(SCC(=O)N2CCCCCC2)n1. The molecule has 0 spiro atoms. The van der Waals surface area contributed by atoms with Gasteiger partial charge in [0.25, 0.3) is 0 Å². The molecule has 1 amide bonds. The predicted molar refractivity (Wildman–Crippen MR) is 84.2 cm³/mol. The molecule has 2 rings (SSSR count). The maximum Gasteiger partial charge on any atom is 0.232 e. The average molecular weight is 303 g/mol. The van der Waals surface area contributed by atoms with Crippen LogP contribution in [-0.2, 0) is 4.79 Å². The summed E-state index contributed by atoms with van der Waals surface area (Å²) in [5, 5.41) is 9.92. The Morgan fingerprint density at radius 3 is 2.62 bits per heavy atom. The van der Waals surface area contributed by atoms with Crippen molar-refractivity contribution in [1.82, 2.24) is 9.88 Å². The lowest BCUT2D eigenvalue weighted by Gasteiger charge is -2.20. The molecule has 1 saturated heterocycles. The summed E-state index contributed by atoms with van der Waals surface area (Å²) in [5.74, 6) is 0.525. The first-order chi connectivity index (χ1) is 10.1. The number of carbonyl (C=O) groups is 1. The Morgan fingerprint density at radius 2 is 2.00 bits per heavy atom.